The highest BCUT2D eigenvalue weighted by Gasteiger charge is 2.12. The highest BCUT2D eigenvalue weighted by Crippen LogP contribution is 2.23. The third-order valence-electron chi connectivity index (χ3n) is 3.61. The lowest BCUT2D eigenvalue weighted by Gasteiger charge is -2.04. The van der Waals surface area contributed by atoms with Crippen molar-refractivity contribution in [1.82, 2.24) is 10.2 Å². The topological polar surface area (TPSA) is 77.2 Å². The third kappa shape index (κ3) is 4.64. The van der Waals surface area contributed by atoms with Gasteiger partial charge in [0.2, 0.25) is 11.8 Å². The molecular weight excluding hydrogens is 350 g/mol. The summed E-state index contributed by atoms with van der Waals surface area (Å²) in [5.74, 6) is 0.932. The van der Waals surface area contributed by atoms with Crippen molar-refractivity contribution in [3.63, 3.8) is 0 Å². The Kier molecular flexibility index (Phi) is 5.91. The lowest BCUT2D eigenvalue weighted by Crippen LogP contribution is -2.14. The summed E-state index contributed by atoms with van der Waals surface area (Å²) in [4.78, 5) is 13.3. The number of carbonyl (C=O) groups is 1. The van der Waals surface area contributed by atoms with Crippen LogP contribution in [0.25, 0.3) is 11.5 Å². The molecule has 0 aliphatic rings. The van der Waals surface area contributed by atoms with E-state index < -0.39 is 0 Å². The van der Waals surface area contributed by atoms with E-state index in [9.17, 15) is 4.79 Å². The first-order valence-corrected chi connectivity index (χ1v) is 9.40. The molecule has 3 rings (SSSR count). The summed E-state index contributed by atoms with van der Waals surface area (Å²) in [5.41, 5.74) is 1.68. The molecule has 3 aromatic rings. The summed E-state index contributed by atoms with van der Waals surface area (Å²) in [7, 11) is 0. The lowest BCUT2D eigenvalue weighted by atomic mass is 10.1. The Bertz CT molecular complexity index is 860. The van der Waals surface area contributed by atoms with E-state index in [0.717, 1.165) is 21.8 Å². The smallest absolute Gasteiger partial charge is 0.322 e. The Balaban J connectivity index is 1.60. The normalized spacial score (nSPS) is 10.5. The molecule has 0 saturated heterocycles. The number of anilines is 1. The molecule has 1 heterocycles. The molecule has 0 saturated carbocycles. The highest BCUT2D eigenvalue weighted by molar-refractivity contribution is 7.98. The number of amides is 1. The minimum absolute atomic E-state index is 0.0879. The summed E-state index contributed by atoms with van der Waals surface area (Å²) in [6.45, 7) is 2.54. The molecule has 0 aliphatic carbocycles. The van der Waals surface area contributed by atoms with Crippen LogP contribution in [0.1, 0.15) is 12.5 Å². The van der Waals surface area contributed by atoms with Gasteiger partial charge < -0.3 is 9.15 Å². The molecule has 0 aliphatic heterocycles. The molecule has 1 aromatic heterocycles. The van der Waals surface area contributed by atoms with Crippen LogP contribution in [0, 0.1) is 0 Å². The van der Waals surface area contributed by atoms with Crippen molar-refractivity contribution in [2.24, 2.45) is 0 Å². The number of nitrogens with one attached hydrogen (secondary N) is 1. The van der Waals surface area contributed by atoms with Crippen molar-refractivity contribution in [2.45, 2.75) is 18.2 Å². The van der Waals surface area contributed by atoms with Crippen LogP contribution in [-0.2, 0) is 11.2 Å². The lowest BCUT2D eigenvalue weighted by molar-refractivity contribution is -0.115. The molecule has 1 N–H and O–H groups in total. The fraction of sp³-hybridized carbons (Fsp3) is 0.211. The number of aromatic nitrogens is 2. The van der Waals surface area contributed by atoms with E-state index in [1.807, 2.05) is 61.7 Å². The van der Waals surface area contributed by atoms with E-state index in [1.165, 1.54) is 0 Å². The summed E-state index contributed by atoms with van der Waals surface area (Å²) < 4.78 is 10.9. The number of hydrogen-bond acceptors (Lipinski definition) is 6. The van der Waals surface area contributed by atoms with Crippen molar-refractivity contribution in [2.75, 3.05) is 18.2 Å². The van der Waals surface area contributed by atoms with Gasteiger partial charge in [-0.25, -0.2) is 0 Å². The number of hydrogen-bond donors (Lipinski definition) is 1. The van der Waals surface area contributed by atoms with Crippen LogP contribution in [0.5, 0.6) is 5.75 Å². The number of rotatable bonds is 7. The maximum absolute atomic E-state index is 12.1. The van der Waals surface area contributed by atoms with Gasteiger partial charge in [0.1, 0.15) is 5.75 Å². The molecule has 2 aromatic carbocycles. The van der Waals surface area contributed by atoms with E-state index in [1.54, 1.807) is 11.8 Å². The number of nitrogens with zero attached hydrogens (tertiary/aromatic N) is 2. The summed E-state index contributed by atoms with van der Waals surface area (Å²) >= 11 is 1.66. The van der Waals surface area contributed by atoms with Gasteiger partial charge in [-0.1, -0.05) is 17.2 Å². The van der Waals surface area contributed by atoms with Gasteiger partial charge >= 0.3 is 6.01 Å². The fourth-order valence-corrected chi connectivity index (χ4v) is 2.75. The molecule has 0 bridgehead atoms. The number of ether oxygens (including phenoxy) is 1. The molecule has 6 nitrogen and oxygen atoms in total. The zero-order chi connectivity index (χ0) is 18.4. The monoisotopic (exact) mass is 369 g/mol. The van der Waals surface area contributed by atoms with Crippen molar-refractivity contribution in [1.29, 1.82) is 0 Å². The first kappa shape index (κ1) is 18.0. The maximum Gasteiger partial charge on any atom is 0.322 e. The fourth-order valence-electron chi connectivity index (χ4n) is 2.34. The second-order valence-electron chi connectivity index (χ2n) is 5.44. The molecule has 0 atom stereocenters. The van der Waals surface area contributed by atoms with Crippen LogP contribution in [0.3, 0.4) is 0 Å². The van der Waals surface area contributed by atoms with Gasteiger partial charge in [0.05, 0.1) is 13.0 Å². The van der Waals surface area contributed by atoms with E-state index in [4.69, 9.17) is 9.15 Å². The molecule has 1 amide bonds. The van der Waals surface area contributed by atoms with Crippen molar-refractivity contribution in [3.8, 4) is 17.2 Å². The van der Waals surface area contributed by atoms with Crippen molar-refractivity contribution in [3.05, 3.63) is 54.1 Å². The van der Waals surface area contributed by atoms with E-state index >= 15 is 0 Å². The van der Waals surface area contributed by atoms with Crippen molar-refractivity contribution >= 4 is 23.7 Å². The second kappa shape index (κ2) is 8.53. The van der Waals surface area contributed by atoms with Crippen molar-refractivity contribution < 1.29 is 13.9 Å². The van der Waals surface area contributed by atoms with Crippen LogP contribution in [-0.4, -0.2) is 29.0 Å². The van der Waals surface area contributed by atoms with Gasteiger partial charge in [-0.15, -0.1) is 16.9 Å². The zero-order valence-corrected chi connectivity index (χ0v) is 15.4. The van der Waals surface area contributed by atoms with Crippen LogP contribution < -0.4 is 10.1 Å². The Morgan fingerprint density at radius 2 is 1.85 bits per heavy atom. The molecule has 0 unspecified atom stereocenters. The van der Waals surface area contributed by atoms with Crippen LogP contribution in [0.4, 0.5) is 6.01 Å². The largest absolute Gasteiger partial charge is 0.494 e. The first-order chi connectivity index (χ1) is 12.7. The molecule has 26 heavy (non-hydrogen) atoms. The third-order valence-corrected chi connectivity index (χ3v) is 4.35. The summed E-state index contributed by atoms with van der Waals surface area (Å²) in [5, 5.41) is 10.5. The minimum atomic E-state index is -0.220. The SMILES string of the molecule is CCOc1ccc(CC(=O)Nc2nnc(-c3ccc(SC)cc3)o2)cc1. The summed E-state index contributed by atoms with van der Waals surface area (Å²) in [6, 6.07) is 15.3. The zero-order valence-electron chi connectivity index (χ0n) is 14.6. The van der Waals surface area contributed by atoms with Crippen LogP contribution in [0.15, 0.2) is 57.8 Å². The van der Waals surface area contributed by atoms with E-state index in [2.05, 4.69) is 15.5 Å². The van der Waals surface area contributed by atoms with Gasteiger partial charge in [-0.2, -0.15) is 0 Å². The molecule has 0 fully saturated rings. The van der Waals surface area contributed by atoms with E-state index in [-0.39, 0.29) is 18.3 Å². The Labute approximate surface area is 156 Å². The highest BCUT2D eigenvalue weighted by atomic mass is 32.2. The molecular formula is C19H19N3O3S. The standard InChI is InChI=1S/C19H19N3O3S/c1-3-24-15-8-4-13(5-9-15)12-17(23)20-19-22-21-18(25-19)14-6-10-16(26-2)11-7-14/h4-11H,3,12H2,1-2H3,(H,20,22,23). The molecule has 0 radical (unpaired) electrons. The van der Waals surface area contributed by atoms with Gasteiger partial charge in [-0.05, 0) is 55.1 Å². The second-order valence-corrected chi connectivity index (χ2v) is 6.32. The molecule has 0 spiro atoms. The number of benzene rings is 2. The Morgan fingerprint density at radius 1 is 1.12 bits per heavy atom. The maximum atomic E-state index is 12.1. The van der Waals surface area contributed by atoms with Crippen LogP contribution in [0.2, 0.25) is 0 Å². The quantitative estimate of drug-likeness (QED) is 0.634. The molecule has 7 heteroatoms. The Hall–Kier alpha value is -2.80. The predicted octanol–water partition coefficient (Wildman–Crippen LogP) is 4.04. The number of carbonyl (C=O) groups excluding carboxylic acids is 1. The average molecular weight is 369 g/mol. The van der Waals surface area contributed by atoms with E-state index in [0.29, 0.717) is 12.5 Å². The van der Waals surface area contributed by atoms with Gasteiger partial charge in [-0.3, -0.25) is 10.1 Å². The first-order valence-electron chi connectivity index (χ1n) is 8.17. The van der Waals surface area contributed by atoms with Crippen LogP contribution >= 0.6 is 11.8 Å². The van der Waals surface area contributed by atoms with Gasteiger partial charge in [0.25, 0.3) is 0 Å². The minimum Gasteiger partial charge on any atom is -0.494 e. The Morgan fingerprint density at radius 3 is 2.50 bits per heavy atom. The van der Waals surface area contributed by atoms with Gasteiger partial charge in [0, 0.05) is 10.5 Å². The number of thioether (sulfide) groups is 1. The average Bonchev–Trinajstić information content (AvgIpc) is 3.12. The summed E-state index contributed by atoms with van der Waals surface area (Å²) in [6.07, 6.45) is 2.23. The molecule has 134 valence electrons. The van der Waals surface area contributed by atoms with Gasteiger partial charge in [0.15, 0.2) is 0 Å². The predicted molar refractivity (Wildman–Crippen MR) is 101 cm³/mol.